The van der Waals surface area contributed by atoms with E-state index >= 15 is 0 Å². The predicted octanol–water partition coefficient (Wildman–Crippen LogP) is 3.15. The standard InChI is InChI=1S/C21H22FN5O2/c22-15-5-6-17(20-23-9-3-10-24-20)18(14-15)21(28)25-11-7-16-8-12-27(26-16)19-4-1-2-13-29-19/h3,5-6,8-10,12,14,19H,1-2,4,7,11,13H2,(H,25,28). The second kappa shape index (κ2) is 8.91. The highest BCUT2D eigenvalue weighted by Crippen LogP contribution is 2.22. The van der Waals surface area contributed by atoms with E-state index in [4.69, 9.17) is 4.74 Å². The van der Waals surface area contributed by atoms with Gasteiger partial charge in [0.2, 0.25) is 0 Å². The molecule has 3 heterocycles. The fourth-order valence-corrected chi connectivity index (χ4v) is 3.34. The minimum absolute atomic E-state index is 0.00665. The number of aromatic nitrogens is 4. The fraction of sp³-hybridized carbons (Fsp3) is 0.333. The highest BCUT2D eigenvalue weighted by Gasteiger charge is 2.17. The smallest absolute Gasteiger partial charge is 0.252 e. The van der Waals surface area contributed by atoms with Gasteiger partial charge in [-0.3, -0.25) is 4.79 Å². The number of halogens is 1. The molecule has 1 aromatic carbocycles. The SMILES string of the molecule is O=C(NCCc1ccn(C2CCCCO2)n1)c1cc(F)ccc1-c1ncccn1. The Bertz CT molecular complexity index is 970. The predicted molar refractivity (Wildman–Crippen MR) is 105 cm³/mol. The third-order valence-corrected chi connectivity index (χ3v) is 4.81. The molecule has 2 aromatic heterocycles. The van der Waals surface area contributed by atoms with E-state index in [1.165, 1.54) is 18.2 Å². The summed E-state index contributed by atoms with van der Waals surface area (Å²) in [6, 6.07) is 7.63. The molecule has 1 aliphatic heterocycles. The zero-order valence-electron chi connectivity index (χ0n) is 15.9. The van der Waals surface area contributed by atoms with Gasteiger partial charge in [-0.05, 0) is 49.6 Å². The van der Waals surface area contributed by atoms with Crippen LogP contribution in [0.4, 0.5) is 4.39 Å². The van der Waals surface area contributed by atoms with E-state index in [2.05, 4.69) is 20.4 Å². The number of hydrogen-bond acceptors (Lipinski definition) is 5. The molecule has 1 saturated heterocycles. The molecule has 1 N–H and O–H groups in total. The molecule has 0 saturated carbocycles. The van der Waals surface area contributed by atoms with Gasteiger partial charge < -0.3 is 10.1 Å². The normalized spacial score (nSPS) is 16.5. The number of benzene rings is 1. The summed E-state index contributed by atoms with van der Waals surface area (Å²) in [5, 5.41) is 7.38. The van der Waals surface area contributed by atoms with Gasteiger partial charge in [-0.25, -0.2) is 19.0 Å². The zero-order chi connectivity index (χ0) is 20.1. The number of nitrogens with zero attached hydrogens (tertiary/aromatic N) is 4. The number of amides is 1. The van der Waals surface area contributed by atoms with Crippen molar-refractivity contribution in [3.05, 3.63) is 66.0 Å². The van der Waals surface area contributed by atoms with E-state index in [-0.39, 0.29) is 17.7 Å². The molecule has 7 nitrogen and oxygen atoms in total. The number of carbonyl (C=O) groups excluding carboxylic acids is 1. The summed E-state index contributed by atoms with van der Waals surface area (Å²) in [5.41, 5.74) is 1.56. The molecule has 150 valence electrons. The van der Waals surface area contributed by atoms with Crippen LogP contribution in [0.3, 0.4) is 0 Å². The monoisotopic (exact) mass is 395 g/mol. The molecule has 1 fully saturated rings. The van der Waals surface area contributed by atoms with Crippen LogP contribution in [-0.2, 0) is 11.2 Å². The number of nitrogens with one attached hydrogen (secondary N) is 1. The minimum Gasteiger partial charge on any atom is -0.357 e. The maximum Gasteiger partial charge on any atom is 0.252 e. The molecule has 3 aromatic rings. The fourth-order valence-electron chi connectivity index (χ4n) is 3.34. The number of hydrogen-bond donors (Lipinski definition) is 1. The molecular formula is C21H22FN5O2. The molecule has 1 aliphatic rings. The van der Waals surface area contributed by atoms with E-state index in [0.29, 0.717) is 24.4 Å². The molecule has 1 unspecified atom stereocenters. The van der Waals surface area contributed by atoms with Crippen LogP contribution in [0.15, 0.2) is 48.9 Å². The summed E-state index contributed by atoms with van der Waals surface area (Å²) in [6.45, 7) is 1.14. The Kier molecular flexibility index (Phi) is 5.90. The van der Waals surface area contributed by atoms with Crippen molar-refractivity contribution in [3.8, 4) is 11.4 Å². The van der Waals surface area contributed by atoms with E-state index < -0.39 is 5.82 Å². The minimum atomic E-state index is -0.485. The van der Waals surface area contributed by atoms with Gasteiger partial charge >= 0.3 is 0 Å². The van der Waals surface area contributed by atoms with E-state index in [0.717, 1.165) is 31.6 Å². The van der Waals surface area contributed by atoms with Crippen molar-refractivity contribution in [1.29, 1.82) is 0 Å². The molecule has 29 heavy (non-hydrogen) atoms. The Hall–Kier alpha value is -3.13. The van der Waals surface area contributed by atoms with Gasteiger partial charge in [0.1, 0.15) is 12.0 Å². The van der Waals surface area contributed by atoms with E-state index in [1.807, 2.05) is 16.9 Å². The van der Waals surface area contributed by atoms with Crippen LogP contribution in [0.5, 0.6) is 0 Å². The Morgan fingerprint density at radius 1 is 1.24 bits per heavy atom. The topological polar surface area (TPSA) is 81.9 Å². The first-order chi connectivity index (χ1) is 14.2. The highest BCUT2D eigenvalue weighted by atomic mass is 19.1. The van der Waals surface area contributed by atoms with Gasteiger partial charge in [0.05, 0.1) is 11.3 Å². The molecule has 0 spiro atoms. The van der Waals surface area contributed by atoms with Crippen molar-refractivity contribution in [2.45, 2.75) is 31.9 Å². The number of carbonyl (C=O) groups is 1. The molecule has 1 amide bonds. The molecular weight excluding hydrogens is 373 g/mol. The first kappa shape index (κ1) is 19.2. The Balaban J connectivity index is 1.39. The number of rotatable bonds is 6. The zero-order valence-corrected chi connectivity index (χ0v) is 15.9. The molecule has 0 aliphatic carbocycles. The van der Waals surface area contributed by atoms with Crippen molar-refractivity contribution in [3.63, 3.8) is 0 Å². The summed E-state index contributed by atoms with van der Waals surface area (Å²) in [7, 11) is 0. The third-order valence-electron chi connectivity index (χ3n) is 4.81. The lowest BCUT2D eigenvalue weighted by molar-refractivity contribution is -0.0396. The van der Waals surface area contributed by atoms with Crippen LogP contribution in [-0.4, -0.2) is 38.8 Å². The van der Waals surface area contributed by atoms with Gasteiger partial charge in [-0.1, -0.05) is 0 Å². The van der Waals surface area contributed by atoms with Gasteiger partial charge in [-0.2, -0.15) is 5.10 Å². The maximum absolute atomic E-state index is 13.7. The summed E-state index contributed by atoms with van der Waals surface area (Å²) in [5.74, 6) is -0.480. The number of ether oxygens (including phenoxy) is 1. The van der Waals surface area contributed by atoms with Gasteiger partial charge in [0.25, 0.3) is 5.91 Å². The van der Waals surface area contributed by atoms with Crippen molar-refractivity contribution in [1.82, 2.24) is 25.1 Å². The second-order valence-corrected chi connectivity index (χ2v) is 6.88. The highest BCUT2D eigenvalue weighted by molar-refractivity contribution is 6.00. The lowest BCUT2D eigenvalue weighted by Crippen LogP contribution is -2.26. The van der Waals surface area contributed by atoms with E-state index in [9.17, 15) is 9.18 Å². The Labute approximate surface area is 167 Å². The first-order valence-electron chi connectivity index (χ1n) is 9.71. The summed E-state index contributed by atoms with van der Waals surface area (Å²) >= 11 is 0. The van der Waals surface area contributed by atoms with Crippen molar-refractivity contribution in [2.24, 2.45) is 0 Å². The molecule has 1 atom stereocenters. The molecule has 4 rings (SSSR count). The average Bonchev–Trinajstić information content (AvgIpc) is 3.24. The first-order valence-corrected chi connectivity index (χ1v) is 9.71. The lowest BCUT2D eigenvalue weighted by atomic mass is 10.1. The summed E-state index contributed by atoms with van der Waals surface area (Å²) in [4.78, 5) is 21.0. The second-order valence-electron chi connectivity index (χ2n) is 6.88. The Morgan fingerprint density at radius 2 is 2.10 bits per heavy atom. The van der Waals surface area contributed by atoms with Crippen molar-refractivity contribution in [2.75, 3.05) is 13.2 Å². The largest absolute Gasteiger partial charge is 0.357 e. The summed E-state index contributed by atoms with van der Waals surface area (Å²) in [6.07, 6.45) is 8.82. The van der Waals surface area contributed by atoms with Crippen LogP contribution in [0.1, 0.15) is 41.5 Å². The lowest BCUT2D eigenvalue weighted by Gasteiger charge is -2.22. The maximum atomic E-state index is 13.7. The van der Waals surface area contributed by atoms with Crippen molar-refractivity contribution < 1.29 is 13.9 Å². The quantitative estimate of drug-likeness (QED) is 0.693. The van der Waals surface area contributed by atoms with Crippen LogP contribution >= 0.6 is 0 Å². The molecule has 0 radical (unpaired) electrons. The van der Waals surface area contributed by atoms with Crippen molar-refractivity contribution >= 4 is 5.91 Å². The van der Waals surface area contributed by atoms with Gasteiger partial charge in [0.15, 0.2) is 5.82 Å². The van der Waals surface area contributed by atoms with Crippen LogP contribution in [0, 0.1) is 5.82 Å². The molecule has 0 bridgehead atoms. The Morgan fingerprint density at radius 3 is 2.90 bits per heavy atom. The van der Waals surface area contributed by atoms with Gasteiger partial charge in [-0.15, -0.1) is 0 Å². The van der Waals surface area contributed by atoms with E-state index in [1.54, 1.807) is 18.5 Å². The van der Waals surface area contributed by atoms with Crippen LogP contribution in [0.2, 0.25) is 0 Å². The van der Waals surface area contributed by atoms with Crippen LogP contribution < -0.4 is 5.32 Å². The molecule has 8 heteroatoms. The third kappa shape index (κ3) is 4.65. The van der Waals surface area contributed by atoms with Crippen LogP contribution in [0.25, 0.3) is 11.4 Å². The van der Waals surface area contributed by atoms with Gasteiger partial charge in [0, 0.05) is 43.7 Å². The summed E-state index contributed by atoms with van der Waals surface area (Å²) < 4.78 is 21.3. The average molecular weight is 395 g/mol.